The third-order valence-corrected chi connectivity index (χ3v) is 5.44. The maximum absolute atomic E-state index is 6.26. The summed E-state index contributed by atoms with van der Waals surface area (Å²) in [5.41, 5.74) is 2.92. The number of hydrogen-bond acceptors (Lipinski definition) is 3. The van der Waals surface area contributed by atoms with Gasteiger partial charge in [0, 0.05) is 32.2 Å². The summed E-state index contributed by atoms with van der Waals surface area (Å²) < 4.78 is 6.26. The molecule has 0 atom stereocenters. The molecule has 22 heavy (non-hydrogen) atoms. The van der Waals surface area contributed by atoms with Gasteiger partial charge in [0.05, 0.1) is 12.2 Å². The lowest BCUT2D eigenvalue weighted by Gasteiger charge is -2.43. The van der Waals surface area contributed by atoms with Crippen molar-refractivity contribution >= 4 is 24.8 Å². The van der Waals surface area contributed by atoms with Crippen molar-refractivity contribution in [3.05, 3.63) is 35.4 Å². The second-order valence-corrected chi connectivity index (χ2v) is 6.46. The molecular formula is C17H26Cl2N2O. The Bertz CT molecular complexity index is 483. The number of halogens is 2. The highest BCUT2D eigenvalue weighted by molar-refractivity contribution is 5.85. The van der Waals surface area contributed by atoms with Crippen molar-refractivity contribution in [1.29, 1.82) is 0 Å². The number of ether oxygens (including phenoxy) is 1. The van der Waals surface area contributed by atoms with Crippen LogP contribution in [0.15, 0.2) is 24.3 Å². The van der Waals surface area contributed by atoms with Gasteiger partial charge in [-0.2, -0.15) is 0 Å². The van der Waals surface area contributed by atoms with Gasteiger partial charge in [-0.1, -0.05) is 24.3 Å². The summed E-state index contributed by atoms with van der Waals surface area (Å²) in [5.74, 6) is 0. The lowest BCUT2D eigenvalue weighted by molar-refractivity contribution is -0.0780. The molecule has 4 rings (SSSR count). The number of piperazine rings is 1. The second-order valence-electron chi connectivity index (χ2n) is 6.46. The maximum atomic E-state index is 6.26. The van der Waals surface area contributed by atoms with Crippen LogP contribution in [0.5, 0.6) is 0 Å². The molecule has 0 aromatic heterocycles. The Hall–Kier alpha value is -0.320. The summed E-state index contributed by atoms with van der Waals surface area (Å²) in [7, 11) is 0. The minimum absolute atomic E-state index is 0. The van der Waals surface area contributed by atoms with E-state index in [1.807, 2.05) is 0 Å². The first-order valence-corrected chi connectivity index (χ1v) is 8.05. The largest absolute Gasteiger partial charge is 0.366 e. The zero-order valence-corrected chi connectivity index (χ0v) is 14.6. The van der Waals surface area contributed by atoms with Crippen LogP contribution < -0.4 is 5.32 Å². The number of rotatable bonds is 1. The Kier molecular flexibility index (Phi) is 6.14. The van der Waals surface area contributed by atoms with Crippen molar-refractivity contribution in [2.75, 3.05) is 26.2 Å². The van der Waals surface area contributed by atoms with Crippen molar-refractivity contribution in [2.45, 2.75) is 43.9 Å². The SMILES string of the molecule is Cl.Cl.c1ccc2c(c1)CO[C@]21CC[C@H](N2CCNCC2)CC1. The van der Waals surface area contributed by atoms with Gasteiger partial charge in [-0.3, -0.25) is 4.90 Å². The minimum Gasteiger partial charge on any atom is -0.366 e. The number of benzene rings is 1. The van der Waals surface area contributed by atoms with Crippen LogP contribution in [0.25, 0.3) is 0 Å². The van der Waals surface area contributed by atoms with Crippen LogP contribution in [0.4, 0.5) is 0 Å². The number of hydrogen-bond donors (Lipinski definition) is 1. The van der Waals surface area contributed by atoms with Crippen molar-refractivity contribution in [3.8, 4) is 0 Å². The van der Waals surface area contributed by atoms with Gasteiger partial charge in [-0.15, -0.1) is 24.8 Å². The topological polar surface area (TPSA) is 24.5 Å². The monoisotopic (exact) mass is 344 g/mol. The number of fused-ring (bicyclic) bond motifs is 2. The summed E-state index contributed by atoms with van der Waals surface area (Å²) in [6.07, 6.45) is 4.96. The first-order valence-electron chi connectivity index (χ1n) is 8.05. The van der Waals surface area contributed by atoms with E-state index in [1.54, 1.807) is 0 Å². The summed E-state index contributed by atoms with van der Waals surface area (Å²) in [5, 5.41) is 3.45. The van der Waals surface area contributed by atoms with Crippen LogP contribution in [0, 0.1) is 0 Å². The molecule has 0 bridgehead atoms. The van der Waals surface area contributed by atoms with Crippen LogP contribution in [0.1, 0.15) is 36.8 Å². The Balaban J connectivity index is 0.000000882. The predicted octanol–water partition coefficient (Wildman–Crippen LogP) is 3.10. The highest BCUT2D eigenvalue weighted by Crippen LogP contribution is 2.47. The zero-order valence-electron chi connectivity index (χ0n) is 12.9. The van der Waals surface area contributed by atoms with E-state index < -0.39 is 0 Å². The fourth-order valence-corrected chi connectivity index (χ4v) is 4.28. The molecule has 2 aliphatic heterocycles. The smallest absolute Gasteiger partial charge is 0.0940 e. The number of nitrogens with one attached hydrogen (secondary N) is 1. The molecule has 2 fully saturated rings. The van der Waals surface area contributed by atoms with Gasteiger partial charge in [-0.25, -0.2) is 0 Å². The average molecular weight is 345 g/mol. The van der Waals surface area contributed by atoms with Gasteiger partial charge in [0.25, 0.3) is 0 Å². The maximum Gasteiger partial charge on any atom is 0.0940 e. The first-order chi connectivity index (χ1) is 9.87. The van der Waals surface area contributed by atoms with Crippen molar-refractivity contribution in [1.82, 2.24) is 10.2 Å². The molecular weight excluding hydrogens is 319 g/mol. The standard InChI is InChI=1S/C17H24N2O.2ClH/c1-2-4-16-14(3-1)13-20-17(16)7-5-15(6-8-17)19-11-9-18-10-12-19;;/h1-4,15,18H,5-13H2;2*1H/t15-,17-;;. The molecule has 3 aliphatic rings. The Labute approximate surface area is 145 Å². The van der Waals surface area contributed by atoms with E-state index in [4.69, 9.17) is 4.74 Å². The summed E-state index contributed by atoms with van der Waals surface area (Å²) in [6.45, 7) is 5.56. The normalized spacial score (nSPS) is 31.2. The first kappa shape index (κ1) is 18.0. The van der Waals surface area contributed by atoms with E-state index in [0.29, 0.717) is 0 Å². The molecule has 1 aromatic rings. The van der Waals surface area contributed by atoms with Gasteiger partial charge in [0.1, 0.15) is 0 Å². The van der Waals surface area contributed by atoms with Gasteiger partial charge in [0.15, 0.2) is 0 Å². The van der Waals surface area contributed by atoms with E-state index in [9.17, 15) is 0 Å². The van der Waals surface area contributed by atoms with Crippen molar-refractivity contribution < 1.29 is 4.74 Å². The molecule has 1 aromatic carbocycles. The van der Waals surface area contributed by atoms with E-state index in [1.165, 1.54) is 49.9 Å². The van der Waals surface area contributed by atoms with Gasteiger partial charge >= 0.3 is 0 Å². The highest BCUT2D eigenvalue weighted by atomic mass is 35.5. The van der Waals surface area contributed by atoms with Gasteiger partial charge in [0.2, 0.25) is 0 Å². The van der Waals surface area contributed by atoms with E-state index in [2.05, 4.69) is 34.5 Å². The molecule has 5 heteroatoms. The van der Waals surface area contributed by atoms with E-state index >= 15 is 0 Å². The van der Waals surface area contributed by atoms with Crippen LogP contribution >= 0.6 is 24.8 Å². The Morgan fingerprint density at radius 2 is 1.73 bits per heavy atom. The molecule has 0 radical (unpaired) electrons. The third-order valence-electron chi connectivity index (χ3n) is 5.44. The summed E-state index contributed by atoms with van der Waals surface area (Å²) in [4.78, 5) is 2.68. The summed E-state index contributed by atoms with van der Waals surface area (Å²) >= 11 is 0. The molecule has 0 amide bonds. The lowest BCUT2D eigenvalue weighted by atomic mass is 9.77. The van der Waals surface area contributed by atoms with Crippen molar-refractivity contribution in [3.63, 3.8) is 0 Å². The Morgan fingerprint density at radius 3 is 2.45 bits per heavy atom. The van der Waals surface area contributed by atoms with Crippen LogP contribution in [0.2, 0.25) is 0 Å². The van der Waals surface area contributed by atoms with Crippen LogP contribution in [0.3, 0.4) is 0 Å². The fourth-order valence-electron chi connectivity index (χ4n) is 4.28. The molecule has 124 valence electrons. The third kappa shape index (κ3) is 3.15. The van der Waals surface area contributed by atoms with Gasteiger partial charge < -0.3 is 10.1 Å². The van der Waals surface area contributed by atoms with Gasteiger partial charge in [-0.05, 0) is 36.8 Å². The van der Waals surface area contributed by atoms with Crippen LogP contribution in [-0.4, -0.2) is 37.1 Å². The van der Waals surface area contributed by atoms with Crippen LogP contribution in [-0.2, 0) is 16.9 Å². The molecule has 1 spiro atoms. The zero-order chi connectivity index (χ0) is 13.4. The lowest BCUT2D eigenvalue weighted by Crippen LogP contribution is -2.50. The molecule has 1 N–H and O–H groups in total. The summed E-state index contributed by atoms with van der Waals surface area (Å²) in [6, 6.07) is 9.59. The highest BCUT2D eigenvalue weighted by Gasteiger charge is 2.43. The molecule has 1 saturated heterocycles. The van der Waals surface area contributed by atoms with E-state index in [0.717, 1.165) is 25.7 Å². The molecule has 1 aliphatic carbocycles. The molecule has 1 saturated carbocycles. The Morgan fingerprint density at radius 1 is 1.05 bits per heavy atom. The van der Waals surface area contributed by atoms with Crippen molar-refractivity contribution in [2.24, 2.45) is 0 Å². The van der Waals surface area contributed by atoms with E-state index in [-0.39, 0.29) is 30.4 Å². The predicted molar refractivity (Wildman–Crippen MR) is 94.1 cm³/mol. The minimum atomic E-state index is 0. The molecule has 0 unspecified atom stereocenters. The average Bonchev–Trinajstić information content (AvgIpc) is 2.88. The number of nitrogens with zero attached hydrogens (tertiary/aromatic N) is 1. The quantitative estimate of drug-likeness (QED) is 0.847. The molecule has 2 heterocycles. The fraction of sp³-hybridized carbons (Fsp3) is 0.647. The second kappa shape index (κ2) is 7.50. The molecule has 3 nitrogen and oxygen atoms in total.